The normalized spacial score (nSPS) is 14.6. The summed E-state index contributed by atoms with van der Waals surface area (Å²) in [5.74, 6) is 0.550. The number of amides is 3. The average Bonchev–Trinajstić information content (AvgIpc) is 3.08. The van der Waals surface area contributed by atoms with E-state index in [1.807, 2.05) is 31.2 Å². The van der Waals surface area contributed by atoms with Crippen LogP contribution in [0.5, 0.6) is 0 Å². The largest absolute Gasteiger partial charge is 0.451 e. The van der Waals surface area contributed by atoms with Crippen LogP contribution in [-0.2, 0) is 4.79 Å². The fourth-order valence-electron chi connectivity index (χ4n) is 2.68. The number of halogens is 2. The quantitative estimate of drug-likeness (QED) is 0.508. The van der Waals surface area contributed by atoms with Crippen molar-refractivity contribution in [2.24, 2.45) is 0 Å². The maximum atomic E-state index is 12.4. The van der Waals surface area contributed by atoms with Crippen molar-refractivity contribution in [2.45, 2.75) is 6.92 Å². The molecule has 1 aromatic heterocycles. The van der Waals surface area contributed by atoms with E-state index in [1.54, 1.807) is 21.9 Å². The van der Waals surface area contributed by atoms with Gasteiger partial charge in [0.25, 0.3) is 0 Å². The third-order valence-electron chi connectivity index (χ3n) is 4.29. The Morgan fingerprint density at radius 3 is 2.48 bits per heavy atom. The van der Waals surface area contributed by atoms with E-state index in [0.717, 1.165) is 9.33 Å². The molecular formula is C19H19ClIN3O3. The van der Waals surface area contributed by atoms with Crippen molar-refractivity contribution >= 4 is 57.9 Å². The summed E-state index contributed by atoms with van der Waals surface area (Å²) in [4.78, 5) is 28.1. The number of nitrogens with one attached hydrogen (secondary N) is 1. The molecule has 0 spiro atoms. The Morgan fingerprint density at radius 2 is 1.85 bits per heavy atom. The first-order chi connectivity index (χ1) is 12.9. The molecule has 0 atom stereocenters. The van der Waals surface area contributed by atoms with Gasteiger partial charge in [0.05, 0.1) is 0 Å². The number of carbonyl (C=O) groups is 2. The van der Waals surface area contributed by atoms with Crippen LogP contribution < -0.4 is 5.32 Å². The molecule has 8 heteroatoms. The molecule has 1 aliphatic rings. The second kappa shape index (κ2) is 8.79. The molecule has 142 valence electrons. The number of nitrogens with zero attached hydrogens (tertiary/aromatic N) is 2. The number of hydrogen-bond acceptors (Lipinski definition) is 3. The fourth-order valence-corrected chi connectivity index (χ4v) is 3.29. The maximum absolute atomic E-state index is 12.4. The van der Waals surface area contributed by atoms with Gasteiger partial charge in [-0.05, 0) is 65.4 Å². The zero-order chi connectivity index (χ0) is 19.4. The fraction of sp³-hybridized carbons (Fsp3) is 0.263. The van der Waals surface area contributed by atoms with E-state index in [4.69, 9.17) is 16.0 Å². The summed E-state index contributed by atoms with van der Waals surface area (Å²) in [6, 6.07) is 8.87. The highest BCUT2D eigenvalue weighted by molar-refractivity contribution is 14.1. The van der Waals surface area contributed by atoms with Gasteiger partial charge < -0.3 is 19.5 Å². The number of hydrogen-bond donors (Lipinski definition) is 1. The van der Waals surface area contributed by atoms with Crippen LogP contribution in [0, 0.1) is 10.7 Å². The van der Waals surface area contributed by atoms with Gasteiger partial charge in [0.15, 0.2) is 3.77 Å². The number of benzene rings is 1. The van der Waals surface area contributed by atoms with Gasteiger partial charge in [0, 0.05) is 43.0 Å². The van der Waals surface area contributed by atoms with Crippen LogP contribution in [0.1, 0.15) is 11.3 Å². The number of urea groups is 1. The lowest BCUT2D eigenvalue weighted by Crippen LogP contribution is -2.51. The molecule has 0 unspecified atom stereocenters. The highest BCUT2D eigenvalue weighted by atomic mass is 127. The number of anilines is 1. The third-order valence-corrected chi connectivity index (χ3v) is 5.27. The Balaban J connectivity index is 1.50. The molecule has 1 saturated heterocycles. The molecule has 0 radical (unpaired) electrons. The molecule has 0 aliphatic carbocycles. The minimum absolute atomic E-state index is 0.0909. The van der Waals surface area contributed by atoms with Crippen LogP contribution in [0.15, 0.2) is 40.8 Å². The lowest BCUT2D eigenvalue weighted by atomic mass is 10.2. The lowest BCUT2D eigenvalue weighted by molar-refractivity contribution is -0.127. The van der Waals surface area contributed by atoms with Crippen LogP contribution in [0.2, 0.25) is 5.02 Å². The van der Waals surface area contributed by atoms with Gasteiger partial charge in [-0.3, -0.25) is 4.79 Å². The van der Waals surface area contributed by atoms with Crippen molar-refractivity contribution in [3.63, 3.8) is 0 Å². The average molecular weight is 500 g/mol. The first-order valence-electron chi connectivity index (χ1n) is 8.47. The van der Waals surface area contributed by atoms with Gasteiger partial charge >= 0.3 is 6.03 Å². The lowest BCUT2D eigenvalue weighted by Gasteiger charge is -2.34. The zero-order valence-corrected chi connectivity index (χ0v) is 17.7. The van der Waals surface area contributed by atoms with Crippen molar-refractivity contribution in [3.05, 3.63) is 56.5 Å². The van der Waals surface area contributed by atoms with Crippen molar-refractivity contribution in [3.8, 4) is 0 Å². The summed E-state index contributed by atoms with van der Waals surface area (Å²) >= 11 is 8.16. The summed E-state index contributed by atoms with van der Waals surface area (Å²) in [7, 11) is 0. The standard InChI is InChI=1S/C19H19ClIN3O3/c1-13-2-3-14(12-16(13)20)22-19(26)24-10-8-23(9-11-24)18(25)7-5-15-4-6-17(21)27-15/h2-7,12H,8-11H2,1H3,(H,22,26)/b7-5+. The molecule has 1 aromatic carbocycles. The Labute approximate surface area is 176 Å². The SMILES string of the molecule is Cc1ccc(NC(=O)N2CCN(C(=O)/C=C/c3ccc(I)o3)CC2)cc1Cl. The smallest absolute Gasteiger partial charge is 0.321 e. The van der Waals surface area contributed by atoms with Crippen molar-refractivity contribution in [1.29, 1.82) is 0 Å². The van der Waals surface area contributed by atoms with Crippen LogP contribution in [0.4, 0.5) is 10.5 Å². The van der Waals surface area contributed by atoms with E-state index >= 15 is 0 Å². The van der Waals surface area contributed by atoms with Gasteiger partial charge in [-0.25, -0.2) is 4.79 Å². The van der Waals surface area contributed by atoms with Crippen LogP contribution in [0.3, 0.4) is 0 Å². The number of piperazine rings is 1. The van der Waals surface area contributed by atoms with E-state index in [1.165, 1.54) is 6.08 Å². The minimum Gasteiger partial charge on any atom is -0.451 e. The predicted molar refractivity (Wildman–Crippen MR) is 114 cm³/mol. The molecule has 3 amide bonds. The summed E-state index contributed by atoms with van der Waals surface area (Å²) in [5.41, 5.74) is 1.62. The summed E-state index contributed by atoms with van der Waals surface area (Å²) in [6.45, 7) is 3.83. The molecule has 2 heterocycles. The van der Waals surface area contributed by atoms with Crippen LogP contribution in [0.25, 0.3) is 6.08 Å². The second-order valence-electron chi connectivity index (χ2n) is 6.18. The molecule has 3 rings (SSSR count). The molecule has 6 nitrogen and oxygen atoms in total. The van der Waals surface area contributed by atoms with E-state index in [9.17, 15) is 9.59 Å². The van der Waals surface area contributed by atoms with Crippen molar-refractivity contribution in [1.82, 2.24) is 9.80 Å². The van der Waals surface area contributed by atoms with Gasteiger partial charge in [0.2, 0.25) is 5.91 Å². The first-order valence-corrected chi connectivity index (χ1v) is 9.92. The predicted octanol–water partition coefficient (Wildman–Crippen LogP) is 4.24. The molecule has 27 heavy (non-hydrogen) atoms. The molecule has 1 N–H and O–H groups in total. The van der Waals surface area contributed by atoms with Gasteiger partial charge in [0.1, 0.15) is 5.76 Å². The number of aryl methyl sites for hydroxylation is 1. The Morgan fingerprint density at radius 1 is 1.15 bits per heavy atom. The van der Waals surface area contributed by atoms with Crippen LogP contribution in [-0.4, -0.2) is 47.9 Å². The molecule has 0 saturated carbocycles. The highest BCUT2D eigenvalue weighted by Gasteiger charge is 2.23. The van der Waals surface area contributed by atoms with Crippen molar-refractivity contribution in [2.75, 3.05) is 31.5 Å². The Kier molecular flexibility index (Phi) is 6.43. The zero-order valence-electron chi connectivity index (χ0n) is 14.7. The summed E-state index contributed by atoms with van der Waals surface area (Å²) < 4.78 is 6.17. The highest BCUT2D eigenvalue weighted by Crippen LogP contribution is 2.20. The Bertz CT molecular complexity index is 873. The van der Waals surface area contributed by atoms with Gasteiger partial charge in [-0.1, -0.05) is 17.7 Å². The number of rotatable bonds is 3. The van der Waals surface area contributed by atoms with Crippen LogP contribution >= 0.6 is 34.2 Å². The van der Waals surface area contributed by atoms with Gasteiger partial charge in [-0.2, -0.15) is 0 Å². The minimum atomic E-state index is -0.192. The second-order valence-corrected chi connectivity index (χ2v) is 7.65. The Hall–Kier alpha value is -2.00. The first kappa shape index (κ1) is 19.8. The maximum Gasteiger partial charge on any atom is 0.321 e. The van der Waals surface area contributed by atoms with Gasteiger partial charge in [-0.15, -0.1) is 0 Å². The summed E-state index contributed by atoms with van der Waals surface area (Å²) in [5, 5.41) is 3.46. The molecule has 0 bridgehead atoms. The number of furan rings is 1. The monoisotopic (exact) mass is 499 g/mol. The van der Waals surface area contributed by atoms with E-state index in [0.29, 0.717) is 42.6 Å². The molecular weight excluding hydrogens is 481 g/mol. The summed E-state index contributed by atoms with van der Waals surface area (Å²) in [6.07, 6.45) is 3.16. The topological polar surface area (TPSA) is 65.8 Å². The molecule has 1 aliphatic heterocycles. The van der Waals surface area contributed by atoms with E-state index in [2.05, 4.69) is 27.9 Å². The van der Waals surface area contributed by atoms with E-state index < -0.39 is 0 Å². The third kappa shape index (κ3) is 5.26. The number of carbonyl (C=O) groups excluding carboxylic acids is 2. The molecule has 1 fully saturated rings. The van der Waals surface area contributed by atoms with Crippen molar-refractivity contribution < 1.29 is 14.0 Å². The van der Waals surface area contributed by atoms with E-state index in [-0.39, 0.29) is 11.9 Å². The molecule has 2 aromatic rings.